The van der Waals surface area contributed by atoms with Crippen LogP contribution in [0.15, 0.2) is 40.9 Å². The summed E-state index contributed by atoms with van der Waals surface area (Å²) >= 11 is 15.5. The van der Waals surface area contributed by atoms with Gasteiger partial charge in [-0.2, -0.15) is 0 Å². The molecule has 5 heteroatoms. The summed E-state index contributed by atoms with van der Waals surface area (Å²) in [6, 6.07) is 9.35. The zero-order valence-electron chi connectivity index (χ0n) is 9.64. The molecule has 2 aromatic rings. The molecule has 0 aromatic heterocycles. The molecule has 0 aliphatic carbocycles. The Balaban J connectivity index is 2.23. The first kappa shape index (κ1) is 14.8. The summed E-state index contributed by atoms with van der Waals surface area (Å²) in [5, 5.41) is 0.0600. The SMILES string of the molecule is Fc1cccc(CC(Cl)c2ccc(Br)c(Cl)c2)c1F. The highest BCUT2D eigenvalue weighted by atomic mass is 79.9. The first-order valence-electron chi connectivity index (χ1n) is 5.51. The van der Waals surface area contributed by atoms with Crippen molar-refractivity contribution in [3.8, 4) is 0 Å². The van der Waals surface area contributed by atoms with Crippen molar-refractivity contribution in [1.82, 2.24) is 0 Å². The van der Waals surface area contributed by atoms with E-state index in [0.29, 0.717) is 5.02 Å². The molecule has 0 fully saturated rings. The van der Waals surface area contributed by atoms with Crippen LogP contribution in [0.5, 0.6) is 0 Å². The van der Waals surface area contributed by atoms with Gasteiger partial charge in [-0.15, -0.1) is 11.6 Å². The highest BCUT2D eigenvalue weighted by Crippen LogP contribution is 2.31. The fourth-order valence-corrected chi connectivity index (χ4v) is 2.46. The van der Waals surface area contributed by atoms with Crippen molar-refractivity contribution in [2.75, 3.05) is 0 Å². The van der Waals surface area contributed by atoms with Gasteiger partial charge >= 0.3 is 0 Å². The highest BCUT2D eigenvalue weighted by Gasteiger charge is 2.15. The molecule has 0 saturated carbocycles. The van der Waals surface area contributed by atoms with Gasteiger partial charge in [0, 0.05) is 4.47 Å². The molecule has 19 heavy (non-hydrogen) atoms. The molecule has 1 atom stereocenters. The van der Waals surface area contributed by atoms with Gasteiger partial charge in [-0.25, -0.2) is 8.78 Å². The van der Waals surface area contributed by atoms with Crippen molar-refractivity contribution in [2.24, 2.45) is 0 Å². The lowest BCUT2D eigenvalue weighted by atomic mass is 10.0. The molecule has 0 bridgehead atoms. The highest BCUT2D eigenvalue weighted by molar-refractivity contribution is 9.10. The second kappa shape index (κ2) is 6.21. The average molecular weight is 366 g/mol. The second-order valence-corrected chi connectivity index (χ2v) is 5.85. The zero-order valence-corrected chi connectivity index (χ0v) is 12.7. The molecule has 0 radical (unpaired) electrons. The fraction of sp³-hybridized carbons (Fsp3) is 0.143. The smallest absolute Gasteiger partial charge is 0.162 e. The van der Waals surface area contributed by atoms with Gasteiger partial charge < -0.3 is 0 Å². The first-order valence-corrected chi connectivity index (χ1v) is 7.11. The van der Waals surface area contributed by atoms with Crippen LogP contribution in [0, 0.1) is 11.6 Å². The van der Waals surface area contributed by atoms with Gasteiger partial charge in [0.25, 0.3) is 0 Å². The van der Waals surface area contributed by atoms with E-state index < -0.39 is 17.0 Å². The van der Waals surface area contributed by atoms with Crippen LogP contribution in [-0.4, -0.2) is 0 Å². The Hall–Kier alpha value is -0.640. The van der Waals surface area contributed by atoms with Crippen molar-refractivity contribution < 1.29 is 8.78 Å². The van der Waals surface area contributed by atoms with Crippen LogP contribution >= 0.6 is 39.1 Å². The third-order valence-corrected chi connectivity index (χ3v) is 4.37. The van der Waals surface area contributed by atoms with E-state index in [1.165, 1.54) is 12.1 Å². The van der Waals surface area contributed by atoms with Gasteiger partial charge in [-0.3, -0.25) is 0 Å². The number of rotatable bonds is 3. The molecule has 1 unspecified atom stereocenters. The van der Waals surface area contributed by atoms with Crippen LogP contribution in [0.3, 0.4) is 0 Å². The van der Waals surface area contributed by atoms with Crippen molar-refractivity contribution in [3.05, 3.63) is 68.7 Å². The summed E-state index contributed by atoms with van der Waals surface area (Å²) in [5.74, 6) is -1.72. The Bertz CT molecular complexity index is 602. The Morgan fingerprint density at radius 3 is 2.58 bits per heavy atom. The Kier molecular flexibility index (Phi) is 4.82. The second-order valence-electron chi connectivity index (χ2n) is 4.06. The molecular weight excluding hydrogens is 357 g/mol. The van der Waals surface area contributed by atoms with E-state index in [0.717, 1.165) is 16.1 Å². The molecule has 0 amide bonds. The minimum Gasteiger partial charge on any atom is -0.204 e. The molecule has 0 nitrogen and oxygen atoms in total. The minimum atomic E-state index is -0.866. The van der Waals surface area contributed by atoms with Gasteiger partial charge in [0.05, 0.1) is 10.4 Å². The van der Waals surface area contributed by atoms with Crippen LogP contribution in [0.1, 0.15) is 16.5 Å². The molecule has 100 valence electrons. The number of halogens is 5. The van der Waals surface area contributed by atoms with E-state index >= 15 is 0 Å². The summed E-state index contributed by atoms with van der Waals surface area (Å²) < 4.78 is 27.4. The van der Waals surface area contributed by atoms with E-state index in [-0.39, 0.29) is 12.0 Å². The van der Waals surface area contributed by atoms with E-state index in [2.05, 4.69) is 15.9 Å². The lowest BCUT2D eigenvalue weighted by molar-refractivity contribution is 0.498. The van der Waals surface area contributed by atoms with E-state index in [9.17, 15) is 8.78 Å². The molecule has 2 aromatic carbocycles. The van der Waals surface area contributed by atoms with Gasteiger partial charge in [0.1, 0.15) is 0 Å². The molecule has 0 aliphatic heterocycles. The Morgan fingerprint density at radius 2 is 1.89 bits per heavy atom. The van der Waals surface area contributed by atoms with E-state index in [4.69, 9.17) is 23.2 Å². The molecular formula is C14H9BrCl2F2. The summed E-state index contributed by atoms with van der Waals surface area (Å²) in [6.45, 7) is 0. The lowest BCUT2D eigenvalue weighted by Gasteiger charge is -2.12. The molecule has 2 rings (SSSR count). The maximum atomic E-state index is 13.6. The van der Waals surface area contributed by atoms with Crippen molar-refractivity contribution in [1.29, 1.82) is 0 Å². The van der Waals surface area contributed by atoms with Crippen molar-refractivity contribution >= 4 is 39.1 Å². The Morgan fingerprint density at radius 1 is 1.16 bits per heavy atom. The zero-order chi connectivity index (χ0) is 14.0. The number of alkyl halides is 1. The van der Waals surface area contributed by atoms with Crippen LogP contribution < -0.4 is 0 Å². The van der Waals surface area contributed by atoms with E-state index in [1.54, 1.807) is 18.2 Å². The number of hydrogen-bond donors (Lipinski definition) is 0. The normalized spacial score (nSPS) is 12.5. The maximum Gasteiger partial charge on any atom is 0.162 e. The standard InChI is InChI=1S/C14H9BrCl2F2/c15-10-5-4-8(6-12(10)17)11(16)7-9-2-1-3-13(18)14(9)19/h1-6,11H,7H2. The Labute approximate surface area is 128 Å². The lowest BCUT2D eigenvalue weighted by Crippen LogP contribution is -2.00. The van der Waals surface area contributed by atoms with E-state index in [1.807, 2.05) is 0 Å². The monoisotopic (exact) mass is 364 g/mol. The summed E-state index contributed by atoms with van der Waals surface area (Å²) in [6.07, 6.45) is 0.198. The van der Waals surface area contributed by atoms with Crippen molar-refractivity contribution in [2.45, 2.75) is 11.8 Å². The maximum absolute atomic E-state index is 13.6. The van der Waals surface area contributed by atoms with Gasteiger partial charge in [0.2, 0.25) is 0 Å². The van der Waals surface area contributed by atoms with Crippen molar-refractivity contribution in [3.63, 3.8) is 0 Å². The molecule has 0 heterocycles. The largest absolute Gasteiger partial charge is 0.204 e. The fourth-order valence-electron chi connectivity index (χ4n) is 1.72. The number of hydrogen-bond acceptors (Lipinski definition) is 0. The molecule has 0 aliphatic rings. The minimum absolute atomic E-state index is 0.198. The first-order chi connectivity index (χ1) is 8.99. The quantitative estimate of drug-likeness (QED) is 0.593. The molecule has 0 spiro atoms. The van der Waals surface area contributed by atoms with Gasteiger partial charge in [-0.1, -0.05) is 29.8 Å². The predicted molar refractivity (Wildman–Crippen MR) is 77.8 cm³/mol. The molecule has 0 saturated heterocycles. The summed E-state index contributed by atoms with van der Waals surface area (Å²) in [5.41, 5.74) is 1.01. The van der Waals surface area contributed by atoms with Gasteiger partial charge in [0.15, 0.2) is 11.6 Å². The van der Waals surface area contributed by atoms with Gasteiger partial charge in [-0.05, 0) is 51.7 Å². The van der Waals surface area contributed by atoms with Crippen LogP contribution in [0.2, 0.25) is 5.02 Å². The summed E-state index contributed by atoms with van der Waals surface area (Å²) in [7, 11) is 0. The third-order valence-electron chi connectivity index (χ3n) is 2.74. The topological polar surface area (TPSA) is 0 Å². The van der Waals surface area contributed by atoms with Crippen LogP contribution in [0.25, 0.3) is 0 Å². The predicted octanol–water partition coefficient (Wildman–Crippen LogP) is 5.90. The average Bonchev–Trinajstić information content (AvgIpc) is 2.38. The van der Waals surface area contributed by atoms with Crippen LogP contribution in [0.4, 0.5) is 8.78 Å². The molecule has 0 N–H and O–H groups in total. The third kappa shape index (κ3) is 3.47. The van der Waals surface area contributed by atoms with Crippen LogP contribution in [-0.2, 0) is 6.42 Å². The number of benzene rings is 2. The summed E-state index contributed by atoms with van der Waals surface area (Å²) in [4.78, 5) is 0.